The Morgan fingerprint density at radius 2 is 2.17 bits per heavy atom. The van der Waals surface area contributed by atoms with E-state index in [2.05, 4.69) is 22.1 Å². The predicted molar refractivity (Wildman–Crippen MR) is 118 cm³/mol. The normalized spacial score (nSPS) is 11.6. The van der Waals surface area contributed by atoms with Crippen molar-refractivity contribution in [2.24, 2.45) is 5.92 Å². The van der Waals surface area contributed by atoms with Gasteiger partial charge in [-0.15, -0.1) is 11.3 Å². The summed E-state index contributed by atoms with van der Waals surface area (Å²) in [4.78, 5) is 19.2. The topological polar surface area (TPSA) is 63.7 Å². The third kappa shape index (κ3) is 7.01. The van der Waals surface area contributed by atoms with Gasteiger partial charge in [0.25, 0.3) is 0 Å². The summed E-state index contributed by atoms with van der Waals surface area (Å²) >= 11 is 1.41. The van der Waals surface area contributed by atoms with E-state index < -0.39 is 11.8 Å². The van der Waals surface area contributed by atoms with Crippen molar-refractivity contribution in [2.75, 3.05) is 46.2 Å². The quantitative estimate of drug-likeness (QED) is 0.481. The number of anilines is 1. The highest BCUT2D eigenvalue weighted by molar-refractivity contribution is 7.15. The van der Waals surface area contributed by atoms with Crippen LogP contribution in [0.3, 0.4) is 0 Å². The second kappa shape index (κ2) is 11.5. The summed E-state index contributed by atoms with van der Waals surface area (Å²) < 4.78 is 25.1. The molecule has 1 heterocycles. The Labute approximate surface area is 181 Å². The molecule has 0 aliphatic rings. The third-order valence-corrected chi connectivity index (χ3v) is 5.09. The van der Waals surface area contributed by atoms with Crippen LogP contribution in [0.4, 0.5) is 9.52 Å². The van der Waals surface area contributed by atoms with Crippen molar-refractivity contribution in [1.82, 2.24) is 9.88 Å². The minimum atomic E-state index is -0.443. The molecule has 6 nitrogen and oxygen atoms in total. The van der Waals surface area contributed by atoms with Gasteiger partial charge in [0.2, 0.25) is 0 Å². The Kier molecular flexibility index (Phi) is 9.09. The Morgan fingerprint density at radius 1 is 1.40 bits per heavy atom. The number of carbonyl (C=O) groups excluding carboxylic acids is 1. The van der Waals surface area contributed by atoms with Crippen molar-refractivity contribution in [2.45, 2.75) is 20.3 Å². The lowest BCUT2D eigenvalue weighted by Crippen LogP contribution is -2.14. The molecule has 162 valence electrons. The number of nitrogens with zero attached hydrogens (tertiary/aromatic N) is 2. The Hall–Kier alpha value is -2.63. The third-order valence-electron chi connectivity index (χ3n) is 4.00. The molecule has 1 aromatic heterocycles. The summed E-state index contributed by atoms with van der Waals surface area (Å²) in [5.74, 6) is 5.26. The molecular formula is C22H28FN3O3S. The van der Waals surface area contributed by atoms with Gasteiger partial charge in [0, 0.05) is 17.5 Å². The molecule has 0 spiro atoms. The number of esters is 1. The molecule has 0 fully saturated rings. The fraction of sp³-hybridized carbons (Fsp3) is 0.455. The maximum absolute atomic E-state index is 14.3. The maximum atomic E-state index is 14.3. The van der Waals surface area contributed by atoms with E-state index in [4.69, 9.17) is 9.47 Å². The zero-order valence-electron chi connectivity index (χ0n) is 18.0. The van der Waals surface area contributed by atoms with Gasteiger partial charge in [-0.05, 0) is 51.6 Å². The molecule has 2 aromatic rings. The first-order chi connectivity index (χ1) is 14.3. The molecule has 0 radical (unpaired) electrons. The molecular weight excluding hydrogens is 405 g/mol. The SMILES string of the molecule is CCOC(=O)c1nc(NC)sc1C[C@H](C)COc1ccc(C#CCN(C)C)cc1F. The number of hydrogen-bond acceptors (Lipinski definition) is 7. The van der Waals surface area contributed by atoms with Crippen molar-refractivity contribution in [1.29, 1.82) is 0 Å². The molecule has 0 amide bonds. The molecule has 1 atom stereocenters. The van der Waals surface area contributed by atoms with Gasteiger partial charge in [-0.3, -0.25) is 4.90 Å². The average Bonchev–Trinajstić information content (AvgIpc) is 3.10. The molecule has 0 unspecified atom stereocenters. The molecule has 0 aliphatic carbocycles. The van der Waals surface area contributed by atoms with Gasteiger partial charge in [0.05, 0.1) is 19.8 Å². The number of benzene rings is 1. The summed E-state index contributed by atoms with van der Waals surface area (Å²) in [7, 11) is 5.60. The van der Waals surface area contributed by atoms with Crippen LogP contribution in [0.5, 0.6) is 5.75 Å². The number of rotatable bonds is 9. The van der Waals surface area contributed by atoms with Crippen LogP contribution >= 0.6 is 11.3 Å². The number of nitrogens with one attached hydrogen (secondary N) is 1. The van der Waals surface area contributed by atoms with Gasteiger partial charge < -0.3 is 14.8 Å². The molecule has 30 heavy (non-hydrogen) atoms. The largest absolute Gasteiger partial charge is 0.490 e. The number of hydrogen-bond donors (Lipinski definition) is 1. The van der Waals surface area contributed by atoms with Gasteiger partial charge in [-0.2, -0.15) is 0 Å². The molecule has 0 aliphatic heterocycles. The van der Waals surface area contributed by atoms with Gasteiger partial charge in [0.15, 0.2) is 22.4 Å². The van der Waals surface area contributed by atoms with E-state index in [1.54, 1.807) is 26.1 Å². The van der Waals surface area contributed by atoms with E-state index in [1.165, 1.54) is 17.4 Å². The molecule has 0 saturated heterocycles. The van der Waals surface area contributed by atoms with E-state index in [9.17, 15) is 9.18 Å². The summed E-state index contributed by atoms with van der Waals surface area (Å²) in [5, 5.41) is 3.61. The van der Waals surface area contributed by atoms with Gasteiger partial charge in [-0.1, -0.05) is 18.8 Å². The van der Waals surface area contributed by atoms with E-state index in [-0.39, 0.29) is 18.3 Å². The van der Waals surface area contributed by atoms with Crippen LogP contribution in [0.1, 0.15) is 34.8 Å². The number of halogens is 1. The average molecular weight is 434 g/mol. The van der Waals surface area contributed by atoms with Gasteiger partial charge >= 0.3 is 5.97 Å². The van der Waals surface area contributed by atoms with Crippen LogP contribution in [0, 0.1) is 23.6 Å². The highest BCUT2D eigenvalue weighted by Gasteiger charge is 2.21. The van der Waals surface area contributed by atoms with Crippen molar-refractivity contribution in [3.63, 3.8) is 0 Å². The van der Waals surface area contributed by atoms with Crippen molar-refractivity contribution < 1.29 is 18.7 Å². The van der Waals surface area contributed by atoms with Crippen molar-refractivity contribution in [3.05, 3.63) is 40.2 Å². The van der Waals surface area contributed by atoms with E-state index in [0.717, 1.165) is 4.88 Å². The lowest BCUT2D eigenvalue weighted by Gasteiger charge is -2.13. The number of thiazole rings is 1. The van der Waals surface area contributed by atoms with E-state index in [0.29, 0.717) is 36.0 Å². The standard InChI is InChI=1S/C22H28FN3O3S/c1-6-28-21(27)20-19(30-22(24-3)25-20)12-15(2)14-29-18-10-9-16(13-17(18)23)8-7-11-26(4)5/h9-10,13,15H,6,11-12,14H2,1-5H3,(H,24,25)/t15-/m0/s1. The smallest absolute Gasteiger partial charge is 0.358 e. The van der Waals surface area contributed by atoms with Crippen LogP contribution in [0.25, 0.3) is 0 Å². The van der Waals surface area contributed by atoms with Gasteiger partial charge in [-0.25, -0.2) is 14.2 Å². The highest BCUT2D eigenvalue weighted by atomic mass is 32.1. The molecule has 8 heteroatoms. The molecule has 0 bridgehead atoms. The lowest BCUT2D eigenvalue weighted by molar-refractivity contribution is 0.0519. The minimum absolute atomic E-state index is 0.0438. The molecule has 1 N–H and O–H groups in total. The second-order valence-electron chi connectivity index (χ2n) is 7.07. The molecule has 2 rings (SSSR count). The lowest BCUT2D eigenvalue weighted by atomic mass is 10.1. The first-order valence-electron chi connectivity index (χ1n) is 9.74. The van der Waals surface area contributed by atoms with Crippen LogP contribution in [-0.2, 0) is 11.2 Å². The molecule has 1 aromatic carbocycles. The second-order valence-corrected chi connectivity index (χ2v) is 8.15. The summed E-state index contributed by atoms with van der Waals surface area (Å²) in [6, 6.07) is 4.72. The minimum Gasteiger partial charge on any atom is -0.490 e. The summed E-state index contributed by atoms with van der Waals surface area (Å²) in [5.41, 5.74) is 0.933. The summed E-state index contributed by atoms with van der Waals surface area (Å²) in [6.45, 7) is 4.94. The zero-order chi connectivity index (χ0) is 22.1. The predicted octanol–water partition coefficient (Wildman–Crippen LogP) is 3.67. The monoisotopic (exact) mass is 433 g/mol. The van der Waals surface area contributed by atoms with E-state index in [1.807, 2.05) is 25.9 Å². The fourth-order valence-corrected chi connectivity index (χ4v) is 3.62. The number of ether oxygens (including phenoxy) is 2. The Morgan fingerprint density at radius 3 is 2.80 bits per heavy atom. The Bertz CT molecular complexity index is 918. The van der Waals surface area contributed by atoms with Crippen LogP contribution < -0.4 is 10.1 Å². The van der Waals surface area contributed by atoms with Crippen LogP contribution in [0.15, 0.2) is 18.2 Å². The number of carbonyl (C=O) groups is 1. The van der Waals surface area contributed by atoms with Crippen LogP contribution in [0.2, 0.25) is 0 Å². The highest BCUT2D eigenvalue weighted by Crippen LogP contribution is 2.27. The fourth-order valence-electron chi connectivity index (χ4n) is 2.56. The zero-order valence-corrected chi connectivity index (χ0v) is 18.9. The number of aromatic nitrogens is 1. The Balaban J connectivity index is 1.99. The first kappa shape index (κ1) is 23.6. The molecule has 0 saturated carbocycles. The summed E-state index contributed by atoms with van der Waals surface area (Å²) in [6.07, 6.45) is 0.573. The maximum Gasteiger partial charge on any atom is 0.358 e. The van der Waals surface area contributed by atoms with Crippen LogP contribution in [-0.4, -0.2) is 56.8 Å². The van der Waals surface area contributed by atoms with Crippen molar-refractivity contribution in [3.8, 4) is 17.6 Å². The van der Waals surface area contributed by atoms with Crippen molar-refractivity contribution >= 4 is 22.4 Å². The van der Waals surface area contributed by atoms with Gasteiger partial charge in [0.1, 0.15) is 0 Å². The first-order valence-corrected chi connectivity index (χ1v) is 10.6. The van der Waals surface area contributed by atoms with E-state index >= 15 is 0 Å².